The van der Waals surface area contributed by atoms with E-state index < -0.39 is 18.0 Å². The van der Waals surface area contributed by atoms with E-state index in [1.165, 1.54) is 37.3 Å². The number of alkyl halides is 2. The maximum Gasteiger partial charge on any atom is 0.280 e. The fourth-order valence-electron chi connectivity index (χ4n) is 3.45. The average Bonchev–Trinajstić information content (AvgIpc) is 3.73. The zero-order valence-corrected chi connectivity index (χ0v) is 21.7. The van der Waals surface area contributed by atoms with Gasteiger partial charge in [0.25, 0.3) is 12.3 Å². The number of aromatic nitrogens is 2. The van der Waals surface area contributed by atoms with Crippen LogP contribution in [0.5, 0.6) is 5.75 Å². The van der Waals surface area contributed by atoms with Crippen LogP contribution in [0.3, 0.4) is 0 Å². The van der Waals surface area contributed by atoms with Crippen LogP contribution in [-0.2, 0) is 0 Å². The highest BCUT2D eigenvalue weighted by molar-refractivity contribution is 8.00. The minimum atomic E-state index is -2.80. The highest BCUT2D eigenvalue weighted by Gasteiger charge is 2.23. The van der Waals surface area contributed by atoms with Crippen molar-refractivity contribution in [2.75, 3.05) is 20.7 Å². The molecule has 2 aromatic rings. The van der Waals surface area contributed by atoms with Crippen LogP contribution < -0.4 is 32.4 Å². The van der Waals surface area contributed by atoms with Crippen molar-refractivity contribution in [3.05, 3.63) is 47.6 Å². The van der Waals surface area contributed by atoms with Gasteiger partial charge in [-0.05, 0) is 38.0 Å². The second kappa shape index (κ2) is 13.3. The van der Waals surface area contributed by atoms with Gasteiger partial charge >= 0.3 is 0 Å². The largest absolute Gasteiger partial charge is 0.494 e. The topological polar surface area (TPSA) is 140 Å². The number of hydrogen-bond donors (Lipinski definition) is 5. The Kier molecular flexibility index (Phi) is 10.2. The summed E-state index contributed by atoms with van der Waals surface area (Å²) in [5.41, 5.74) is 9.76. The maximum atomic E-state index is 13.5. The third kappa shape index (κ3) is 7.62. The number of rotatable bonds is 11. The number of nitrogens with two attached hydrogens (primary N) is 2. The van der Waals surface area contributed by atoms with Crippen molar-refractivity contribution >= 4 is 23.4 Å². The van der Waals surface area contributed by atoms with Crippen molar-refractivity contribution in [1.29, 1.82) is 0 Å². The smallest absolute Gasteiger partial charge is 0.280 e. The van der Waals surface area contributed by atoms with Gasteiger partial charge in [0.1, 0.15) is 16.8 Å². The van der Waals surface area contributed by atoms with Crippen molar-refractivity contribution in [2.45, 2.75) is 36.9 Å². The third-order valence-corrected chi connectivity index (χ3v) is 6.51. The summed E-state index contributed by atoms with van der Waals surface area (Å²) in [5.74, 6) is 12.0. The van der Waals surface area contributed by atoms with Gasteiger partial charge in [-0.15, -0.1) is 11.8 Å². The lowest BCUT2D eigenvalue weighted by Crippen LogP contribution is -2.37. The number of nitrogens with one attached hydrogen (secondary N) is 3. The van der Waals surface area contributed by atoms with Gasteiger partial charge in [-0.2, -0.15) is 0 Å². The second-order valence-electron chi connectivity index (χ2n) is 8.19. The van der Waals surface area contributed by atoms with E-state index in [9.17, 15) is 13.6 Å². The fraction of sp³-hybridized carbons (Fsp3) is 0.400. The summed E-state index contributed by atoms with van der Waals surface area (Å²) in [6, 6.07) is 2.84. The Morgan fingerprint density at radius 3 is 2.65 bits per heavy atom. The van der Waals surface area contributed by atoms with Crippen LogP contribution in [0.1, 0.15) is 47.9 Å². The Bertz CT molecular complexity index is 1200. The summed E-state index contributed by atoms with van der Waals surface area (Å²) >= 11 is 1.34. The molecule has 2 aromatic heterocycles. The highest BCUT2D eigenvalue weighted by atomic mass is 32.2. The zero-order chi connectivity index (χ0) is 26.9. The fourth-order valence-corrected chi connectivity index (χ4v) is 4.25. The molecule has 1 fully saturated rings. The van der Waals surface area contributed by atoms with Crippen LogP contribution in [0.25, 0.3) is 16.8 Å². The SMILES string of the molecule is CN/C(=C\CN)c1cc(-c2cc(C(F)F)ncc2OC)c(C(=O)NC(C)SC(C#CC2CC2)NN)cn1. The monoisotopic (exact) mass is 531 g/mol. The number of pyridine rings is 2. The molecule has 9 nitrogen and oxygen atoms in total. The van der Waals surface area contributed by atoms with Gasteiger partial charge < -0.3 is 21.1 Å². The Morgan fingerprint density at radius 2 is 2.05 bits per heavy atom. The van der Waals surface area contributed by atoms with Gasteiger partial charge in [0, 0.05) is 36.8 Å². The molecule has 2 unspecified atom stereocenters. The molecule has 1 aliphatic rings. The lowest BCUT2D eigenvalue weighted by molar-refractivity contribution is 0.0952. The van der Waals surface area contributed by atoms with E-state index in [-0.39, 0.29) is 34.2 Å². The molecule has 0 aliphatic heterocycles. The molecule has 0 saturated heterocycles. The molecule has 0 aromatic carbocycles. The Hall–Kier alpha value is -3.24. The summed E-state index contributed by atoms with van der Waals surface area (Å²) < 4.78 is 32.4. The predicted molar refractivity (Wildman–Crippen MR) is 141 cm³/mol. The van der Waals surface area contributed by atoms with Gasteiger partial charge in [0.05, 0.1) is 35.6 Å². The minimum absolute atomic E-state index is 0.172. The summed E-state index contributed by atoms with van der Waals surface area (Å²) in [7, 11) is 3.11. The first-order valence-corrected chi connectivity index (χ1v) is 12.6. The first-order valence-electron chi connectivity index (χ1n) is 11.7. The zero-order valence-electron chi connectivity index (χ0n) is 20.8. The lowest BCUT2D eigenvalue weighted by Gasteiger charge is -2.19. The van der Waals surface area contributed by atoms with E-state index in [2.05, 4.69) is 37.9 Å². The molecule has 198 valence electrons. The third-order valence-electron chi connectivity index (χ3n) is 5.46. The quantitative estimate of drug-likeness (QED) is 0.128. The molecule has 3 rings (SSSR count). The molecule has 1 aliphatic carbocycles. The average molecular weight is 532 g/mol. The number of methoxy groups -OCH3 is 1. The second-order valence-corrected chi connectivity index (χ2v) is 9.64. The molecule has 12 heteroatoms. The summed E-state index contributed by atoms with van der Waals surface area (Å²) in [6.45, 7) is 2.05. The molecular weight excluding hydrogens is 500 g/mol. The van der Waals surface area contributed by atoms with Crippen LogP contribution >= 0.6 is 11.8 Å². The van der Waals surface area contributed by atoms with Crippen molar-refractivity contribution < 1.29 is 18.3 Å². The lowest BCUT2D eigenvalue weighted by atomic mass is 9.98. The number of hydrazine groups is 1. The van der Waals surface area contributed by atoms with E-state index in [1.54, 1.807) is 26.1 Å². The summed E-state index contributed by atoms with van der Waals surface area (Å²) in [6.07, 6.45) is 3.71. The minimum Gasteiger partial charge on any atom is -0.494 e. The van der Waals surface area contributed by atoms with Crippen molar-refractivity contribution in [1.82, 2.24) is 26.0 Å². The normalized spacial score (nSPS) is 15.0. The number of carbonyl (C=O) groups is 1. The van der Waals surface area contributed by atoms with Crippen LogP contribution in [-0.4, -0.2) is 47.3 Å². The van der Waals surface area contributed by atoms with Crippen LogP contribution in [0.4, 0.5) is 8.78 Å². The highest BCUT2D eigenvalue weighted by Crippen LogP contribution is 2.35. The van der Waals surface area contributed by atoms with Crippen LogP contribution in [0.15, 0.2) is 30.6 Å². The number of amides is 1. The van der Waals surface area contributed by atoms with E-state index in [0.29, 0.717) is 22.9 Å². The predicted octanol–water partition coefficient (Wildman–Crippen LogP) is 2.62. The van der Waals surface area contributed by atoms with E-state index >= 15 is 0 Å². The molecule has 2 atom stereocenters. The Morgan fingerprint density at radius 1 is 1.30 bits per heavy atom. The standard InChI is InChI=1S/C25H31F2N7O2S/c1-14(37-23(34-29)7-6-15-4-5-15)33-25(35)18-12-31-20(19(30-2)8-9-28)10-16(18)17-11-21(24(26)27)32-13-22(17)36-3/h8,10-15,23-24,30,34H,4-5,9,28-29H2,1-3H3,(H,33,35)/b19-8-. The first-order chi connectivity index (χ1) is 17.8. The first kappa shape index (κ1) is 28.3. The van der Waals surface area contributed by atoms with Crippen LogP contribution in [0, 0.1) is 17.8 Å². The Labute approximate surface area is 219 Å². The molecular formula is C25H31F2N7O2S. The molecule has 7 N–H and O–H groups in total. The molecule has 2 heterocycles. The van der Waals surface area contributed by atoms with E-state index in [0.717, 1.165) is 12.8 Å². The summed E-state index contributed by atoms with van der Waals surface area (Å²) in [4.78, 5) is 21.6. The molecule has 0 spiro atoms. The van der Waals surface area contributed by atoms with Crippen molar-refractivity contribution in [3.63, 3.8) is 0 Å². The van der Waals surface area contributed by atoms with Crippen molar-refractivity contribution in [3.8, 4) is 28.7 Å². The van der Waals surface area contributed by atoms with Gasteiger partial charge in [0.2, 0.25) is 0 Å². The number of hydrogen-bond acceptors (Lipinski definition) is 9. The van der Waals surface area contributed by atoms with Gasteiger partial charge in [-0.1, -0.05) is 11.8 Å². The number of nitrogens with zero attached hydrogens (tertiary/aromatic N) is 2. The van der Waals surface area contributed by atoms with Crippen molar-refractivity contribution in [2.24, 2.45) is 17.5 Å². The van der Waals surface area contributed by atoms with Gasteiger partial charge in [0.15, 0.2) is 0 Å². The van der Waals surface area contributed by atoms with E-state index in [1.807, 2.05) is 0 Å². The van der Waals surface area contributed by atoms with Gasteiger partial charge in [-0.25, -0.2) is 14.2 Å². The molecule has 0 bridgehead atoms. The maximum absolute atomic E-state index is 13.5. The van der Waals surface area contributed by atoms with Crippen LogP contribution in [0.2, 0.25) is 0 Å². The van der Waals surface area contributed by atoms with Gasteiger partial charge in [-0.3, -0.25) is 20.6 Å². The number of halogens is 2. The molecule has 1 amide bonds. The number of carbonyl (C=O) groups excluding carboxylic acids is 1. The Balaban J connectivity index is 1.99. The molecule has 0 radical (unpaired) electrons. The number of ether oxygens (including phenoxy) is 1. The van der Waals surface area contributed by atoms with E-state index in [4.69, 9.17) is 16.3 Å². The molecule has 37 heavy (non-hydrogen) atoms. The summed E-state index contributed by atoms with van der Waals surface area (Å²) in [5, 5.41) is 5.16. The molecule has 1 saturated carbocycles. The number of thioether (sulfide) groups is 1.